The van der Waals surface area contributed by atoms with E-state index in [1.165, 1.54) is 17.7 Å². The third-order valence-electron chi connectivity index (χ3n) is 2.65. The van der Waals surface area contributed by atoms with Crippen molar-refractivity contribution in [2.45, 2.75) is 23.0 Å². The molecule has 17 heavy (non-hydrogen) atoms. The predicted octanol–water partition coefficient (Wildman–Crippen LogP) is 3.38. The van der Waals surface area contributed by atoms with E-state index in [2.05, 4.69) is 17.4 Å². The van der Waals surface area contributed by atoms with E-state index in [-0.39, 0.29) is 24.8 Å². The van der Waals surface area contributed by atoms with Crippen molar-refractivity contribution in [1.82, 2.24) is 5.32 Å². The molecule has 0 aromatic heterocycles. The summed E-state index contributed by atoms with van der Waals surface area (Å²) in [5, 5.41) is 4.16. The van der Waals surface area contributed by atoms with Gasteiger partial charge in [-0.05, 0) is 50.2 Å². The second kappa shape index (κ2) is 8.92. The summed E-state index contributed by atoms with van der Waals surface area (Å²) in [7, 11) is 1.70. The first-order valence-electron chi connectivity index (χ1n) is 5.40. The van der Waals surface area contributed by atoms with E-state index in [9.17, 15) is 0 Å². The van der Waals surface area contributed by atoms with E-state index in [1.54, 1.807) is 7.11 Å². The Balaban J connectivity index is 0.00000128. The molecule has 98 valence electrons. The molecular weight excluding hydrogens is 277 g/mol. The summed E-state index contributed by atoms with van der Waals surface area (Å²) >= 11 is 1.99. The average molecular weight is 296 g/mol. The van der Waals surface area contributed by atoms with Crippen LogP contribution in [0.25, 0.3) is 0 Å². The Labute approximate surface area is 120 Å². The predicted molar refractivity (Wildman–Crippen MR) is 79.2 cm³/mol. The first-order chi connectivity index (χ1) is 7.38. The smallest absolute Gasteiger partial charge is 0.118 e. The number of nitrogens with one attached hydrogen (secondary N) is 1. The highest BCUT2D eigenvalue weighted by atomic mass is 35.5. The molecule has 0 bridgehead atoms. The molecule has 1 heterocycles. The zero-order valence-corrected chi connectivity index (χ0v) is 12.3. The molecular formula is C12H19Cl2NOS. The van der Waals surface area contributed by atoms with Crippen LogP contribution in [0.3, 0.4) is 0 Å². The van der Waals surface area contributed by atoms with Crippen LogP contribution in [-0.2, 0) is 0 Å². The molecule has 1 fully saturated rings. The Kier molecular flexibility index (Phi) is 8.88. The SMILES string of the molecule is COc1ccc(SC2CCNCC2)cc1.Cl.Cl. The standard InChI is InChI=1S/C12H17NOS.2ClH/c1-14-10-2-4-11(5-3-10)15-12-6-8-13-9-7-12;;/h2-5,12-13H,6-9H2,1H3;2*1H. The summed E-state index contributed by atoms with van der Waals surface area (Å²) in [5.74, 6) is 0.935. The van der Waals surface area contributed by atoms with E-state index < -0.39 is 0 Å². The minimum Gasteiger partial charge on any atom is -0.497 e. The van der Waals surface area contributed by atoms with Gasteiger partial charge >= 0.3 is 0 Å². The van der Waals surface area contributed by atoms with Gasteiger partial charge in [0, 0.05) is 10.1 Å². The Morgan fingerprint density at radius 2 is 1.71 bits per heavy atom. The lowest BCUT2D eigenvalue weighted by atomic mass is 10.2. The zero-order chi connectivity index (χ0) is 10.5. The molecule has 0 atom stereocenters. The number of hydrogen-bond acceptors (Lipinski definition) is 3. The molecule has 1 aromatic rings. The summed E-state index contributed by atoms with van der Waals surface area (Å²) in [6, 6.07) is 8.35. The van der Waals surface area contributed by atoms with Gasteiger partial charge in [-0.2, -0.15) is 0 Å². The van der Waals surface area contributed by atoms with Gasteiger partial charge in [0.05, 0.1) is 7.11 Å². The van der Waals surface area contributed by atoms with Crippen LogP contribution in [0.1, 0.15) is 12.8 Å². The third kappa shape index (κ3) is 5.38. The maximum atomic E-state index is 5.14. The number of benzene rings is 1. The molecule has 0 unspecified atom stereocenters. The summed E-state index contributed by atoms with van der Waals surface area (Å²) in [6.45, 7) is 2.32. The fraction of sp³-hybridized carbons (Fsp3) is 0.500. The van der Waals surface area contributed by atoms with Crippen molar-refractivity contribution in [2.24, 2.45) is 0 Å². The van der Waals surface area contributed by atoms with Crippen LogP contribution in [0.5, 0.6) is 5.75 Å². The minimum absolute atomic E-state index is 0. The van der Waals surface area contributed by atoms with Crippen LogP contribution in [-0.4, -0.2) is 25.4 Å². The van der Waals surface area contributed by atoms with Gasteiger partial charge in [0.1, 0.15) is 5.75 Å². The van der Waals surface area contributed by atoms with Crippen molar-refractivity contribution in [3.8, 4) is 5.75 Å². The van der Waals surface area contributed by atoms with E-state index in [0.29, 0.717) is 0 Å². The quantitative estimate of drug-likeness (QED) is 0.924. The van der Waals surface area contributed by atoms with E-state index in [0.717, 1.165) is 24.1 Å². The largest absolute Gasteiger partial charge is 0.497 e. The second-order valence-corrected chi connectivity index (χ2v) is 5.12. The molecule has 1 aliphatic heterocycles. The number of piperidine rings is 1. The van der Waals surface area contributed by atoms with Gasteiger partial charge in [-0.3, -0.25) is 0 Å². The summed E-state index contributed by atoms with van der Waals surface area (Å²) in [6.07, 6.45) is 2.55. The Hall–Kier alpha value is -0.0900. The van der Waals surface area contributed by atoms with Crippen molar-refractivity contribution in [3.05, 3.63) is 24.3 Å². The normalized spacial score (nSPS) is 15.6. The molecule has 1 aliphatic rings. The van der Waals surface area contributed by atoms with Crippen LogP contribution in [0.2, 0.25) is 0 Å². The number of halogens is 2. The van der Waals surface area contributed by atoms with Crippen LogP contribution in [0.4, 0.5) is 0 Å². The first kappa shape index (κ1) is 16.9. The topological polar surface area (TPSA) is 21.3 Å². The highest BCUT2D eigenvalue weighted by Crippen LogP contribution is 2.29. The lowest BCUT2D eigenvalue weighted by molar-refractivity contribution is 0.414. The van der Waals surface area contributed by atoms with Gasteiger partial charge in [-0.15, -0.1) is 36.6 Å². The lowest BCUT2D eigenvalue weighted by Crippen LogP contribution is -2.29. The molecule has 0 saturated carbocycles. The minimum atomic E-state index is 0. The monoisotopic (exact) mass is 295 g/mol. The third-order valence-corrected chi connectivity index (χ3v) is 4.00. The highest BCUT2D eigenvalue weighted by Gasteiger charge is 2.13. The first-order valence-corrected chi connectivity index (χ1v) is 6.28. The fourth-order valence-electron chi connectivity index (χ4n) is 1.76. The fourth-order valence-corrected chi connectivity index (χ4v) is 2.91. The van der Waals surface area contributed by atoms with E-state index in [1.807, 2.05) is 23.9 Å². The van der Waals surface area contributed by atoms with Crippen LogP contribution >= 0.6 is 36.6 Å². The summed E-state index contributed by atoms with van der Waals surface area (Å²) < 4.78 is 5.14. The van der Waals surface area contributed by atoms with Crippen LogP contribution in [0.15, 0.2) is 29.2 Å². The highest BCUT2D eigenvalue weighted by molar-refractivity contribution is 8.00. The molecule has 1 saturated heterocycles. The van der Waals surface area contributed by atoms with Crippen molar-refractivity contribution in [1.29, 1.82) is 0 Å². The molecule has 0 amide bonds. The van der Waals surface area contributed by atoms with E-state index >= 15 is 0 Å². The summed E-state index contributed by atoms with van der Waals surface area (Å²) in [5.41, 5.74) is 0. The number of hydrogen-bond donors (Lipinski definition) is 1. The molecule has 0 aliphatic carbocycles. The Morgan fingerprint density at radius 3 is 2.24 bits per heavy atom. The maximum Gasteiger partial charge on any atom is 0.118 e. The maximum absolute atomic E-state index is 5.14. The summed E-state index contributed by atoms with van der Waals surface area (Å²) in [4.78, 5) is 1.35. The lowest BCUT2D eigenvalue weighted by Gasteiger charge is -2.21. The van der Waals surface area contributed by atoms with Gasteiger partial charge < -0.3 is 10.1 Å². The second-order valence-electron chi connectivity index (χ2n) is 3.74. The number of thioether (sulfide) groups is 1. The van der Waals surface area contributed by atoms with E-state index in [4.69, 9.17) is 4.74 Å². The number of methoxy groups -OCH3 is 1. The van der Waals surface area contributed by atoms with Crippen molar-refractivity contribution >= 4 is 36.6 Å². The van der Waals surface area contributed by atoms with Gasteiger partial charge in [0.2, 0.25) is 0 Å². The molecule has 0 spiro atoms. The molecule has 0 radical (unpaired) electrons. The number of rotatable bonds is 3. The van der Waals surface area contributed by atoms with Gasteiger partial charge in [0.15, 0.2) is 0 Å². The Bertz CT molecular complexity index is 302. The number of ether oxygens (including phenoxy) is 1. The Morgan fingerprint density at radius 1 is 1.12 bits per heavy atom. The molecule has 2 rings (SSSR count). The van der Waals surface area contributed by atoms with Crippen molar-refractivity contribution in [3.63, 3.8) is 0 Å². The molecule has 1 aromatic carbocycles. The van der Waals surface area contributed by atoms with Crippen molar-refractivity contribution in [2.75, 3.05) is 20.2 Å². The zero-order valence-electron chi connectivity index (χ0n) is 9.85. The van der Waals surface area contributed by atoms with Crippen LogP contribution < -0.4 is 10.1 Å². The van der Waals surface area contributed by atoms with Crippen LogP contribution in [0, 0.1) is 0 Å². The van der Waals surface area contributed by atoms with Crippen molar-refractivity contribution < 1.29 is 4.74 Å². The van der Waals surface area contributed by atoms with Gasteiger partial charge in [0.25, 0.3) is 0 Å². The molecule has 1 N–H and O–H groups in total. The average Bonchev–Trinajstić information content (AvgIpc) is 2.31. The molecule has 2 nitrogen and oxygen atoms in total. The van der Waals surface area contributed by atoms with Gasteiger partial charge in [-0.25, -0.2) is 0 Å². The molecule has 5 heteroatoms. The van der Waals surface area contributed by atoms with Gasteiger partial charge in [-0.1, -0.05) is 0 Å².